The molecule has 0 fully saturated rings. The van der Waals surface area contributed by atoms with Crippen LogP contribution in [-0.2, 0) is 12.8 Å². The Morgan fingerprint density at radius 3 is 2.26 bits per heavy atom. The number of aromatic nitrogens is 1. The van der Waals surface area contributed by atoms with E-state index in [-0.39, 0.29) is 5.91 Å². The lowest BCUT2D eigenvalue weighted by atomic mass is 10.1. The molecule has 0 spiro atoms. The number of amides is 1. The highest BCUT2D eigenvalue weighted by Gasteiger charge is 2.17. The van der Waals surface area contributed by atoms with Gasteiger partial charge in [-0.2, -0.15) is 0 Å². The smallest absolute Gasteiger partial charge is 0.257 e. The maximum absolute atomic E-state index is 12.9. The molecule has 7 heteroatoms. The minimum absolute atomic E-state index is 0.259. The molecule has 0 radical (unpaired) electrons. The number of carbonyl (C=O) groups excluding carboxylic acids is 1. The van der Waals surface area contributed by atoms with Crippen LogP contribution in [0.2, 0.25) is 0 Å². The maximum atomic E-state index is 12.9. The highest BCUT2D eigenvalue weighted by Crippen LogP contribution is 2.34. The van der Waals surface area contributed by atoms with Crippen LogP contribution in [0.3, 0.4) is 0 Å². The van der Waals surface area contributed by atoms with E-state index in [1.165, 1.54) is 16.9 Å². The summed E-state index contributed by atoms with van der Waals surface area (Å²) in [7, 11) is 4.75. The molecule has 0 unspecified atom stereocenters. The predicted octanol–water partition coefficient (Wildman–Crippen LogP) is 5.87. The van der Waals surface area contributed by atoms with Crippen molar-refractivity contribution in [3.8, 4) is 28.5 Å². The fraction of sp³-hybridized carbons (Fsp3) is 0.185. The van der Waals surface area contributed by atoms with E-state index in [9.17, 15) is 4.79 Å². The number of carbonyl (C=O) groups is 1. The first kappa shape index (κ1) is 23.3. The van der Waals surface area contributed by atoms with E-state index in [0.717, 1.165) is 34.7 Å². The number of hydrogen-bond donors (Lipinski definition) is 1. The molecule has 1 aromatic heterocycles. The monoisotopic (exact) mass is 474 g/mol. The van der Waals surface area contributed by atoms with Crippen LogP contribution in [0.1, 0.15) is 20.8 Å². The molecule has 6 nitrogen and oxygen atoms in total. The largest absolute Gasteiger partial charge is 0.497 e. The Labute approximate surface area is 203 Å². The molecule has 1 N–H and O–H groups in total. The van der Waals surface area contributed by atoms with Crippen LogP contribution < -0.4 is 19.5 Å². The first-order chi connectivity index (χ1) is 16.6. The van der Waals surface area contributed by atoms with Crippen molar-refractivity contribution in [2.45, 2.75) is 12.8 Å². The molecule has 4 rings (SSSR count). The summed E-state index contributed by atoms with van der Waals surface area (Å²) in [6, 6.07) is 23.2. The quantitative estimate of drug-likeness (QED) is 0.328. The molecule has 1 amide bonds. The molecular formula is C27H26N2O4S. The number of methoxy groups -OCH3 is 3. The highest BCUT2D eigenvalue weighted by atomic mass is 32.1. The van der Waals surface area contributed by atoms with E-state index in [0.29, 0.717) is 22.2 Å². The second-order valence-electron chi connectivity index (χ2n) is 7.53. The number of anilines is 1. The summed E-state index contributed by atoms with van der Waals surface area (Å²) in [4.78, 5) is 18.8. The van der Waals surface area contributed by atoms with Gasteiger partial charge in [-0.05, 0) is 60.9 Å². The standard InChI is InChI=1S/C27H26N2O4S/c1-31-21-13-10-19(11-14-21)25-24(16-9-18-7-5-4-6-8-18)34-27(28-25)29-26(30)20-12-15-22(32-2)23(17-20)33-3/h4-8,10-15,17H,9,16H2,1-3H3,(H,28,29,30). The SMILES string of the molecule is COc1ccc(-c2nc(NC(=O)c3ccc(OC)c(OC)c3)sc2CCc2ccccc2)cc1. The molecule has 1 heterocycles. The van der Waals surface area contributed by atoms with Crippen LogP contribution in [0.25, 0.3) is 11.3 Å². The minimum atomic E-state index is -0.259. The van der Waals surface area contributed by atoms with Crippen LogP contribution in [0.5, 0.6) is 17.2 Å². The Balaban J connectivity index is 1.60. The maximum Gasteiger partial charge on any atom is 0.257 e. The molecule has 0 aliphatic carbocycles. The van der Waals surface area contributed by atoms with Crippen molar-refractivity contribution in [1.82, 2.24) is 4.98 Å². The number of thiazole rings is 1. The third-order valence-corrected chi connectivity index (χ3v) is 6.44. The number of nitrogens with one attached hydrogen (secondary N) is 1. The molecule has 0 aliphatic rings. The van der Waals surface area contributed by atoms with Crippen molar-refractivity contribution in [3.05, 3.63) is 88.8 Å². The Bertz CT molecular complexity index is 1250. The van der Waals surface area contributed by atoms with Gasteiger partial charge in [-0.15, -0.1) is 11.3 Å². The Morgan fingerprint density at radius 2 is 1.59 bits per heavy atom. The average molecular weight is 475 g/mol. The zero-order valence-electron chi connectivity index (χ0n) is 19.3. The molecule has 174 valence electrons. The molecular weight excluding hydrogens is 448 g/mol. The molecule has 0 atom stereocenters. The number of rotatable bonds is 9. The van der Waals surface area contributed by atoms with Crippen molar-refractivity contribution in [2.75, 3.05) is 26.6 Å². The number of ether oxygens (including phenoxy) is 3. The Morgan fingerprint density at radius 1 is 0.853 bits per heavy atom. The van der Waals surface area contributed by atoms with Crippen molar-refractivity contribution < 1.29 is 19.0 Å². The van der Waals surface area contributed by atoms with Crippen molar-refractivity contribution in [1.29, 1.82) is 0 Å². The first-order valence-electron chi connectivity index (χ1n) is 10.8. The van der Waals surface area contributed by atoms with Gasteiger partial charge in [0.25, 0.3) is 5.91 Å². The summed E-state index contributed by atoms with van der Waals surface area (Å²) in [6.07, 6.45) is 1.70. The van der Waals surface area contributed by atoms with Gasteiger partial charge in [0.2, 0.25) is 0 Å². The third kappa shape index (κ3) is 5.38. The predicted molar refractivity (Wildman–Crippen MR) is 135 cm³/mol. The van der Waals surface area contributed by atoms with Crippen LogP contribution >= 0.6 is 11.3 Å². The van der Waals surface area contributed by atoms with Gasteiger partial charge in [0.15, 0.2) is 16.6 Å². The van der Waals surface area contributed by atoms with E-state index >= 15 is 0 Å². The second kappa shape index (κ2) is 10.9. The van der Waals surface area contributed by atoms with Crippen molar-refractivity contribution in [3.63, 3.8) is 0 Å². The Kier molecular flexibility index (Phi) is 7.44. The van der Waals surface area contributed by atoms with E-state index in [4.69, 9.17) is 19.2 Å². The van der Waals surface area contributed by atoms with E-state index in [1.807, 2.05) is 42.5 Å². The topological polar surface area (TPSA) is 69.7 Å². The zero-order valence-corrected chi connectivity index (χ0v) is 20.1. The summed E-state index contributed by atoms with van der Waals surface area (Å²) in [5.74, 6) is 1.59. The normalized spacial score (nSPS) is 10.6. The lowest BCUT2D eigenvalue weighted by Crippen LogP contribution is -2.12. The van der Waals surface area contributed by atoms with Gasteiger partial charge in [0, 0.05) is 16.0 Å². The second-order valence-corrected chi connectivity index (χ2v) is 8.61. The fourth-order valence-corrected chi connectivity index (χ4v) is 4.58. The summed E-state index contributed by atoms with van der Waals surface area (Å²) >= 11 is 1.49. The van der Waals surface area contributed by atoms with E-state index in [1.54, 1.807) is 39.5 Å². The van der Waals surface area contributed by atoms with Crippen LogP contribution in [0, 0.1) is 0 Å². The summed E-state index contributed by atoms with van der Waals surface area (Å²) < 4.78 is 15.9. The zero-order chi connectivity index (χ0) is 23.9. The summed E-state index contributed by atoms with van der Waals surface area (Å²) in [5.41, 5.74) is 3.56. The van der Waals surface area contributed by atoms with Gasteiger partial charge in [-0.25, -0.2) is 4.98 Å². The average Bonchev–Trinajstić information content (AvgIpc) is 3.30. The lowest BCUT2D eigenvalue weighted by molar-refractivity contribution is 0.102. The number of nitrogens with zero attached hydrogens (tertiary/aromatic N) is 1. The van der Waals surface area contributed by atoms with E-state index in [2.05, 4.69) is 17.4 Å². The van der Waals surface area contributed by atoms with Crippen LogP contribution in [-0.4, -0.2) is 32.2 Å². The van der Waals surface area contributed by atoms with Crippen molar-refractivity contribution >= 4 is 22.4 Å². The summed E-state index contributed by atoms with van der Waals surface area (Å²) in [5, 5.41) is 3.50. The van der Waals surface area contributed by atoms with Crippen LogP contribution in [0.15, 0.2) is 72.8 Å². The van der Waals surface area contributed by atoms with Gasteiger partial charge in [-0.1, -0.05) is 30.3 Å². The molecule has 3 aromatic carbocycles. The molecule has 0 saturated heterocycles. The van der Waals surface area contributed by atoms with E-state index < -0.39 is 0 Å². The minimum Gasteiger partial charge on any atom is -0.497 e. The fourth-order valence-electron chi connectivity index (χ4n) is 3.60. The summed E-state index contributed by atoms with van der Waals surface area (Å²) in [6.45, 7) is 0. The van der Waals surface area contributed by atoms with Gasteiger partial charge in [0.05, 0.1) is 27.0 Å². The number of benzene rings is 3. The number of aryl methyl sites for hydroxylation is 2. The van der Waals surface area contributed by atoms with Gasteiger partial charge in [0.1, 0.15) is 5.75 Å². The van der Waals surface area contributed by atoms with Gasteiger partial charge >= 0.3 is 0 Å². The van der Waals surface area contributed by atoms with Gasteiger partial charge < -0.3 is 14.2 Å². The van der Waals surface area contributed by atoms with Crippen molar-refractivity contribution in [2.24, 2.45) is 0 Å². The number of hydrogen-bond acceptors (Lipinski definition) is 6. The van der Waals surface area contributed by atoms with Gasteiger partial charge in [-0.3, -0.25) is 10.1 Å². The third-order valence-electron chi connectivity index (χ3n) is 5.41. The lowest BCUT2D eigenvalue weighted by Gasteiger charge is -2.09. The molecule has 0 bridgehead atoms. The Hall–Kier alpha value is -3.84. The van der Waals surface area contributed by atoms with Crippen LogP contribution in [0.4, 0.5) is 5.13 Å². The highest BCUT2D eigenvalue weighted by molar-refractivity contribution is 7.16. The molecule has 0 saturated carbocycles. The molecule has 34 heavy (non-hydrogen) atoms. The molecule has 4 aromatic rings. The molecule has 0 aliphatic heterocycles. The first-order valence-corrected chi connectivity index (χ1v) is 11.6.